The summed E-state index contributed by atoms with van der Waals surface area (Å²) < 4.78 is 6.00. The highest BCUT2D eigenvalue weighted by Gasteiger charge is 2.22. The van der Waals surface area contributed by atoms with Gasteiger partial charge >= 0.3 is 0 Å². The molecule has 1 aromatic rings. The van der Waals surface area contributed by atoms with Crippen LogP contribution in [-0.2, 0) is 6.61 Å². The van der Waals surface area contributed by atoms with Crippen LogP contribution in [0.3, 0.4) is 0 Å². The van der Waals surface area contributed by atoms with Crippen molar-refractivity contribution in [1.82, 2.24) is 0 Å². The standard InChI is InChI=1S/C15H21ClO2/c1-2-11-4-3-5-13(8-11)18-15-7-6-12(10-17)9-14(15)16/h6-7,9,11,13,17H,2-5,8,10H2,1H3. The highest BCUT2D eigenvalue weighted by atomic mass is 35.5. The summed E-state index contributed by atoms with van der Waals surface area (Å²) in [5.74, 6) is 1.54. The Morgan fingerprint density at radius 2 is 2.22 bits per heavy atom. The molecule has 2 nitrogen and oxygen atoms in total. The molecule has 1 aliphatic rings. The van der Waals surface area contributed by atoms with Crippen LogP contribution in [0, 0.1) is 5.92 Å². The molecule has 1 fully saturated rings. The van der Waals surface area contributed by atoms with Gasteiger partial charge in [-0.15, -0.1) is 0 Å². The van der Waals surface area contributed by atoms with Crippen molar-refractivity contribution in [2.45, 2.75) is 51.7 Å². The number of rotatable bonds is 4. The van der Waals surface area contributed by atoms with Crippen LogP contribution >= 0.6 is 11.6 Å². The Labute approximate surface area is 114 Å². The van der Waals surface area contributed by atoms with Gasteiger partial charge in [-0.3, -0.25) is 0 Å². The first kappa shape index (κ1) is 13.7. The van der Waals surface area contributed by atoms with Crippen LogP contribution in [-0.4, -0.2) is 11.2 Å². The van der Waals surface area contributed by atoms with Crippen molar-refractivity contribution in [2.75, 3.05) is 0 Å². The largest absolute Gasteiger partial charge is 0.489 e. The van der Waals surface area contributed by atoms with E-state index in [4.69, 9.17) is 21.4 Å². The van der Waals surface area contributed by atoms with Crippen molar-refractivity contribution in [3.8, 4) is 5.75 Å². The molecule has 0 spiro atoms. The van der Waals surface area contributed by atoms with Gasteiger partial charge in [0.1, 0.15) is 5.75 Å². The van der Waals surface area contributed by atoms with Crippen LogP contribution in [0.1, 0.15) is 44.6 Å². The van der Waals surface area contributed by atoms with Crippen LogP contribution < -0.4 is 4.74 Å². The Hall–Kier alpha value is -0.730. The van der Waals surface area contributed by atoms with E-state index in [1.165, 1.54) is 19.3 Å². The van der Waals surface area contributed by atoms with Gasteiger partial charge in [-0.1, -0.05) is 37.4 Å². The van der Waals surface area contributed by atoms with Gasteiger partial charge in [-0.2, -0.15) is 0 Å². The first-order chi connectivity index (χ1) is 8.72. The lowest BCUT2D eigenvalue weighted by molar-refractivity contribution is 0.122. The van der Waals surface area contributed by atoms with Gasteiger partial charge in [0.25, 0.3) is 0 Å². The third-order valence-corrected chi connectivity index (χ3v) is 4.08. The molecule has 0 radical (unpaired) electrons. The van der Waals surface area contributed by atoms with Crippen molar-refractivity contribution in [3.63, 3.8) is 0 Å². The quantitative estimate of drug-likeness (QED) is 0.888. The molecule has 0 heterocycles. The van der Waals surface area contributed by atoms with Crippen molar-refractivity contribution < 1.29 is 9.84 Å². The second-order valence-electron chi connectivity index (χ2n) is 5.10. The highest BCUT2D eigenvalue weighted by Crippen LogP contribution is 2.32. The Morgan fingerprint density at radius 1 is 1.39 bits per heavy atom. The van der Waals surface area contributed by atoms with E-state index in [-0.39, 0.29) is 6.61 Å². The molecule has 2 rings (SSSR count). The number of halogens is 1. The highest BCUT2D eigenvalue weighted by molar-refractivity contribution is 6.32. The summed E-state index contributed by atoms with van der Waals surface area (Å²) in [5.41, 5.74) is 0.822. The molecule has 2 atom stereocenters. The molecule has 18 heavy (non-hydrogen) atoms. The maximum absolute atomic E-state index is 9.04. The van der Waals surface area contributed by atoms with E-state index in [0.29, 0.717) is 11.1 Å². The molecule has 0 amide bonds. The minimum absolute atomic E-state index is 0.0152. The second-order valence-corrected chi connectivity index (χ2v) is 5.51. The Morgan fingerprint density at radius 3 is 2.89 bits per heavy atom. The molecule has 1 aromatic carbocycles. The maximum atomic E-state index is 9.04. The molecule has 0 aromatic heterocycles. The predicted octanol–water partition coefficient (Wildman–Crippen LogP) is 4.18. The van der Waals surface area contributed by atoms with Crippen molar-refractivity contribution >= 4 is 11.6 Å². The second kappa shape index (κ2) is 6.44. The molecule has 0 bridgehead atoms. The van der Waals surface area contributed by atoms with Gasteiger partial charge in [-0.25, -0.2) is 0 Å². The topological polar surface area (TPSA) is 29.5 Å². The molecular formula is C15H21ClO2. The fourth-order valence-corrected chi connectivity index (χ4v) is 2.89. The van der Waals surface area contributed by atoms with Gasteiger partial charge in [0.05, 0.1) is 17.7 Å². The number of hydrogen-bond acceptors (Lipinski definition) is 2. The molecule has 3 heteroatoms. The van der Waals surface area contributed by atoms with Crippen molar-refractivity contribution in [1.29, 1.82) is 0 Å². The minimum atomic E-state index is 0.0152. The molecule has 1 N–H and O–H groups in total. The summed E-state index contributed by atoms with van der Waals surface area (Å²) in [7, 11) is 0. The third kappa shape index (κ3) is 3.39. The Kier molecular flexibility index (Phi) is 4.90. The van der Waals surface area contributed by atoms with Crippen LogP contribution in [0.4, 0.5) is 0 Å². The number of aliphatic hydroxyl groups is 1. The lowest BCUT2D eigenvalue weighted by Crippen LogP contribution is -2.25. The number of hydrogen-bond donors (Lipinski definition) is 1. The summed E-state index contributed by atoms with van der Waals surface area (Å²) in [4.78, 5) is 0. The van der Waals surface area contributed by atoms with Gasteiger partial charge in [0, 0.05) is 0 Å². The van der Waals surface area contributed by atoms with E-state index >= 15 is 0 Å². The van der Waals surface area contributed by atoms with Gasteiger partial charge in [0.2, 0.25) is 0 Å². The zero-order valence-corrected chi connectivity index (χ0v) is 11.6. The van der Waals surface area contributed by atoms with Crippen molar-refractivity contribution in [3.05, 3.63) is 28.8 Å². The lowest BCUT2D eigenvalue weighted by Gasteiger charge is -2.29. The average Bonchev–Trinajstić information content (AvgIpc) is 2.41. The summed E-state index contributed by atoms with van der Waals surface area (Å²) in [6, 6.07) is 5.50. The number of ether oxygens (including phenoxy) is 1. The van der Waals surface area contributed by atoms with Crippen LogP contribution in [0.15, 0.2) is 18.2 Å². The molecule has 1 saturated carbocycles. The maximum Gasteiger partial charge on any atom is 0.138 e. The number of aliphatic hydroxyl groups excluding tert-OH is 1. The van der Waals surface area contributed by atoms with Gasteiger partial charge in [-0.05, 0) is 42.9 Å². The molecule has 1 aliphatic carbocycles. The van der Waals surface area contributed by atoms with Crippen LogP contribution in [0.5, 0.6) is 5.75 Å². The normalized spacial score (nSPS) is 23.9. The summed E-state index contributed by atoms with van der Waals surface area (Å²) >= 11 is 6.16. The van der Waals surface area contributed by atoms with Gasteiger partial charge < -0.3 is 9.84 Å². The number of benzene rings is 1. The Balaban J connectivity index is 2.00. The fourth-order valence-electron chi connectivity index (χ4n) is 2.64. The van der Waals surface area contributed by atoms with E-state index in [1.54, 1.807) is 6.07 Å². The van der Waals surface area contributed by atoms with Crippen LogP contribution in [0.2, 0.25) is 5.02 Å². The Bertz CT molecular complexity index is 392. The molecule has 0 aliphatic heterocycles. The van der Waals surface area contributed by atoms with E-state index in [0.717, 1.165) is 30.1 Å². The predicted molar refractivity (Wildman–Crippen MR) is 74.0 cm³/mol. The average molecular weight is 269 g/mol. The molecular weight excluding hydrogens is 248 g/mol. The van der Waals surface area contributed by atoms with E-state index in [9.17, 15) is 0 Å². The van der Waals surface area contributed by atoms with Crippen LogP contribution in [0.25, 0.3) is 0 Å². The third-order valence-electron chi connectivity index (χ3n) is 3.78. The first-order valence-electron chi connectivity index (χ1n) is 6.78. The lowest BCUT2D eigenvalue weighted by atomic mass is 9.85. The van der Waals surface area contributed by atoms with Crippen molar-refractivity contribution in [2.24, 2.45) is 5.92 Å². The zero-order chi connectivity index (χ0) is 13.0. The van der Waals surface area contributed by atoms with E-state index in [2.05, 4.69) is 6.92 Å². The monoisotopic (exact) mass is 268 g/mol. The van der Waals surface area contributed by atoms with E-state index < -0.39 is 0 Å². The first-order valence-corrected chi connectivity index (χ1v) is 7.16. The van der Waals surface area contributed by atoms with E-state index in [1.807, 2.05) is 12.1 Å². The van der Waals surface area contributed by atoms with Gasteiger partial charge in [0.15, 0.2) is 0 Å². The summed E-state index contributed by atoms with van der Waals surface area (Å²) in [5, 5.41) is 9.64. The molecule has 100 valence electrons. The smallest absolute Gasteiger partial charge is 0.138 e. The summed E-state index contributed by atoms with van der Waals surface area (Å²) in [6.45, 7) is 2.26. The minimum Gasteiger partial charge on any atom is -0.489 e. The SMILES string of the molecule is CCC1CCCC(Oc2ccc(CO)cc2Cl)C1. The summed E-state index contributed by atoms with van der Waals surface area (Å²) in [6.07, 6.45) is 6.35. The molecule has 2 unspecified atom stereocenters. The fraction of sp³-hybridized carbons (Fsp3) is 0.600. The zero-order valence-electron chi connectivity index (χ0n) is 10.9. The molecule has 0 saturated heterocycles.